The second kappa shape index (κ2) is 10.5. The molecule has 6 nitrogen and oxygen atoms in total. The number of aromatic nitrogens is 2. The molecule has 188 valence electrons. The predicted molar refractivity (Wildman–Crippen MR) is 137 cm³/mol. The van der Waals surface area contributed by atoms with Crippen LogP contribution in [0.25, 0.3) is 16.9 Å². The molecular weight excluding hydrogens is 457 g/mol. The lowest BCUT2D eigenvalue weighted by Gasteiger charge is -2.18. The summed E-state index contributed by atoms with van der Waals surface area (Å²) < 4.78 is 27.2. The Morgan fingerprint density at radius 1 is 1.33 bits per heavy atom. The molecule has 1 saturated carbocycles. The molecule has 1 aliphatic rings. The van der Waals surface area contributed by atoms with E-state index in [9.17, 15) is 14.4 Å². The van der Waals surface area contributed by atoms with Gasteiger partial charge in [0.05, 0.1) is 30.5 Å². The summed E-state index contributed by atoms with van der Waals surface area (Å²) in [6.07, 6.45) is 8.65. The van der Waals surface area contributed by atoms with Gasteiger partial charge in [0.15, 0.2) is 5.78 Å². The number of halogens is 1. The highest BCUT2D eigenvalue weighted by Crippen LogP contribution is 2.38. The molecule has 1 unspecified atom stereocenters. The molecule has 1 fully saturated rings. The summed E-state index contributed by atoms with van der Waals surface area (Å²) in [5.41, 5.74) is 2.47. The SMILES string of the molecule is C=CC(F)Oc1cc(-c2cnc3cc(C(C)(C)C#N)ccn23)cc(OC)c1C(=O)CCCCC1CC1. The van der Waals surface area contributed by atoms with Crippen LogP contribution in [0, 0.1) is 17.2 Å². The zero-order valence-electron chi connectivity index (χ0n) is 21.1. The van der Waals surface area contributed by atoms with Crippen molar-refractivity contribution < 1.29 is 18.7 Å². The Kier molecular flexibility index (Phi) is 7.44. The third kappa shape index (κ3) is 5.43. The molecular formula is C29H32FN3O3. The van der Waals surface area contributed by atoms with Crippen molar-refractivity contribution in [2.24, 2.45) is 5.92 Å². The summed E-state index contributed by atoms with van der Waals surface area (Å²) in [6, 6.07) is 9.45. The van der Waals surface area contributed by atoms with Crippen LogP contribution in [0.2, 0.25) is 0 Å². The second-order valence-electron chi connectivity index (χ2n) is 9.89. The Morgan fingerprint density at radius 2 is 2.08 bits per heavy atom. The Bertz CT molecular complexity index is 1320. The number of rotatable bonds is 12. The normalized spacial score (nSPS) is 14.3. The standard InChI is InChI=1S/C29H32FN3O3/c1-5-26(30)36-25-15-20(14-24(35-4)28(25)23(34)9-7-6-8-19-10-11-19)22-17-32-27-16-21(12-13-33(22)27)29(2,3)18-31/h5,12-17,19,26H,1,6-11H2,2-4H3. The van der Waals surface area contributed by atoms with Crippen molar-refractivity contribution >= 4 is 11.4 Å². The molecule has 0 radical (unpaired) electrons. The Balaban J connectivity index is 1.71. The molecule has 0 bridgehead atoms. The molecule has 1 atom stereocenters. The van der Waals surface area contributed by atoms with E-state index in [-0.39, 0.29) is 17.1 Å². The first kappa shape index (κ1) is 25.4. The van der Waals surface area contributed by atoms with Crippen LogP contribution in [-0.4, -0.2) is 28.6 Å². The Morgan fingerprint density at radius 3 is 2.75 bits per heavy atom. The summed E-state index contributed by atoms with van der Waals surface area (Å²) in [6.45, 7) is 7.16. The van der Waals surface area contributed by atoms with E-state index in [2.05, 4.69) is 17.6 Å². The van der Waals surface area contributed by atoms with E-state index in [1.54, 1.807) is 18.3 Å². The smallest absolute Gasteiger partial charge is 0.257 e. The van der Waals surface area contributed by atoms with Gasteiger partial charge in [-0.15, -0.1) is 0 Å². The number of pyridine rings is 1. The minimum absolute atomic E-state index is 0.112. The van der Waals surface area contributed by atoms with Gasteiger partial charge in [0.25, 0.3) is 6.36 Å². The molecule has 36 heavy (non-hydrogen) atoms. The zero-order valence-corrected chi connectivity index (χ0v) is 21.1. The van der Waals surface area contributed by atoms with Gasteiger partial charge in [0.1, 0.15) is 22.7 Å². The third-order valence-corrected chi connectivity index (χ3v) is 6.76. The van der Waals surface area contributed by atoms with Gasteiger partial charge in [0.2, 0.25) is 0 Å². The summed E-state index contributed by atoms with van der Waals surface area (Å²) in [7, 11) is 1.48. The molecule has 2 heterocycles. The lowest BCUT2D eigenvalue weighted by atomic mass is 9.87. The third-order valence-electron chi connectivity index (χ3n) is 6.76. The molecule has 1 aliphatic carbocycles. The minimum atomic E-state index is -1.77. The second-order valence-corrected chi connectivity index (χ2v) is 9.89. The molecule has 0 amide bonds. The highest BCUT2D eigenvalue weighted by Gasteiger charge is 2.25. The van der Waals surface area contributed by atoms with Crippen LogP contribution in [0.1, 0.15) is 68.3 Å². The van der Waals surface area contributed by atoms with Crippen molar-refractivity contribution in [3.63, 3.8) is 0 Å². The molecule has 0 saturated heterocycles. The number of alkyl halides is 1. The van der Waals surface area contributed by atoms with E-state index in [0.29, 0.717) is 29.1 Å². The molecule has 3 aromatic rings. The van der Waals surface area contributed by atoms with Crippen LogP contribution in [-0.2, 0) is 5.41 Å². The number of unbranched alkanes of at least 4 members (excludes halogenated alkanes) is 1. The van der Waals surface area contributed by atoms with E-state index < -0.39 is 11.8 Å². The number of carbonyl (C=O) groups is 1. The number of imidazole rings is 1. The lowest BCUT2D eigenvalue weighted by Crippen LogP contribution is -2.14. The number of fused-ring (bicyclic) bond motifs is 1. The van der Waals surface area contributed by atoms with Crippen LogP contribution in [0.5, 0.6) is 11.5 Å². The first-order chi connectivity index (χ1) is 17.3. The van der Waals surface area contributed by atoms with Gasteiger partial charge in [-0.05, 0) is 62.1 Å². The first-order valence-corrected chi connectivity index (χ1v) is 12.3. The zero-order chi connectivity index (χ0) is 25.9. The van der Waals surface area contributed by atoms with Crippen molar-refractivity contribution in [3.05, 3.63) is 60.4 Å². The monoisotopic (exact) mass is 489 g/mol. The number of hydrogen-bond acceptors (Lipinski definition) is 5. The number of Topliss-reactive ketones (excluding diaryl/α,β-unsaturated/α-hetero) is 1. The topological polar surface area (TPSA) is 76.6 Å². The molecule has 1 aromatic carbocycles. The number of nitriles is 1. The summed E-state index contributed by atoms with van der Waals surface area (Å²) in [5, 5.41) is 9.48. The highest BCUT2D eigenvalue weighted by molar-refractivity contribution is 6.02. The largest absolute Gasteiger partial charge is 0.496 e. The van der Waals surface area contributed by atoms with Gasteiger partial charge in [-0.1, -0.05) is 32.3 Å². The minimum Gasteiger partial charge on any atom is -0.496 e. The van der Waals surface area contributed by atoms with Gasteiger partial charge >= 0.3 is 0 Å². The quantitative estimate of drug-likeness (QED) is 0.158. The van der Waals surface area contributed by atoms with E-state index in [0.717, 1.165) is 36.8 Å². The maximum atomic E-state index is 14.3. The number of ether oxygens (including phenoxy) is 2. The summed E-state index contributed by atoms with van der Waals surface area (Å²) in [5.74, 6) is 1.12. The van der Waals surface area contributed by atoms with E-state index in [1.165, 1.54) is 20.0 Å². The van der Waals surface area contributed by atoms with Crippen LogP contribution < -0.4 is 9.47 Å². The number of benzene rings is 1. The van der Waals surface area contributed by atoms with Crippen LogP contribution in [0.4, 0.5) is 4.39 Å². The molecule has 0 spiro atoms. The van der Waals surface area contributed by atoms with Gasteiger partial charge in [0, 0.05) is 18.2 Å². The van der Waals surface area contributed by atoms with Crippen molar-refractivity contribution in [3.8, 4) is 28.8 Å². The maximum absolute atomic E-state index is 14.3. The van der Waals surface area contributed by atoms with Crippen LogP contribution in [0.3, 0.4) is 0 Å². The molecule has 0 N–H and O–H groups in total. The number of nitrogens with zero attached hydrogens (tertiary/aromatic N) is 3. The fraction of sp³-hybridized carbons (Fsp3) is 0.414. The van der Waals surface area contributed by atoms with Crippen LogP contribution >= 0.6 is 0 Å². The highest BCUT2D eigenvalue weighted by atomic mass is 19.1. The van der Waals surface area contributed by atoms with Gasteiger partial charge < -0.3 is 9.47 Å². The van der Waals surface area contributed by atoms with Gasteiger partial charge in [-0.2, -0.15) is 9.65 Å². The maximum Gasteiger partial charge on any atom is 0.257 e. The van der Waals surface area contributed by atoms with E-state index in [1.807, 2.05) is 36.6 Å². The van der Waals surface area contributed by atoms with E-state index >= 15 is 0 Å². The Hall–Kier alpha value is -3.66. The van der Waals surface area contributed by atoms with Gasteiger partial charge in [-0.3, -0.25) is 9.20 Å². The number of hydrogen-bond donors (Lipinski definition) is 0. The Labute approximate surface area is 211 Å². The fourth-order valence-corrected chi connectivity index (χ4v) is 4.33. The number of ketones is 1. The van der Waals surface area contributed by atoms with Crippen molar-refractivity contribution in [2.45, 2.75) is 64.1 Å². The number of methoxy groups -OCH3 is 1. The lowest BCUT2D eigenvalue weighted by molar-refractivity contribution is 0.0941. The average molecular weight is 490 g/mol. The molecule has 7 heteroatoms. The van der Waals surface area contributed by atoms with Gasteiger partial charge in [-0.25, -0.2) is 4.98 Å². The fourth-order valence-electron chi connectivity index (χ4n) is 4.33. The van der Waals surface area contributed by atoms with Crippen molar-refractivity contribution in [1.29, 1.82) is 5.26 Å². The molecule has 0 aliphatic heterocycles. The van der Waals surface area contributed by atoms with E-state index in [4.69, 9.17) is 9.47 Å². The molecule has 2 aromatic heterocycles. The van der Waals surface area contributed by atoms with Crippen LogP contribution in [0.15, 0.2) is 49.3 Å². The van der Waals surface area contributed by atoms with Crippen molar-refractivity contribution in [1.82, 2.24) is 9.38 Å². The predicted octanol–water partition coefficient (Wildman–Crippen LogP) is 6.82. The van der Waals surface area contributed by atoms with Crippen molar-refractivity contribution in [2.75, 3.05) is 7.11 Å². The number of carbonyl (C=O) groups excluding carboxylic acids is 1. The average Bonchev–Trinajstić information content (AvgIpc) is 3.61. The molecule has 4 rings (SSSR count). The first-order valence-electron chi connectivity index (χ1n) is 12.3. The summed E-state index contributed by atoms with van der Waals surface area (Å²) in [4.78, 5) is 17.7. The summed E-state index contributed by atoms with van der Waals surface area (Å²) >= 11 is 0.